The van der Waals surface area contributed by atoms with Crippen molar-refractivity contribution in [2.24, 2.45) is 0 Å². The van der Waals surface area contributed by atoms with Gasteiger partial charge in [-0.3, -0.25) is 0 Å². The van der Waals surface area contributed by atoms with Crippen molar-refractivity contribution in [2.45, 2.75) is 18.9 Å². The van der Waals surface area contributed by atoms with Crippen molar-refractivity contribution in [3.05, 3.63) is 41.5 Å². The molecule has 0 amide bonds. The number of hydrogen-bond acceptors (Lipinski definition) is 2. The number of aliphatic hydroxyl groups is 1. The molecule has 0 unspecified atom stereocenters. The van der Waals surface area contributed by atoms with Crippen LogP contribution in [-0.2, 0) is 6.42 Å². The van der Waals surface area contributed by atoms with Crippen molar-refractivity contribution >= 4 is 5.57 Å². The van der Waals surface area contributed by atoms with Crippen molar-refractivity contribution in [1.29, 1.82) is 5.26 Å². The molecule has 2 heteroatoms. The number of hydrogen-bond donors (Lipinski definition) is 1. The molecule has 2 rings (SSSR count). The van der Waals surface area contributed by atoms with Gasteiger partial charge in [-0.1, -0.05) is 12.6 Å². The van der Waals surface area contributed by atoms with Gasteiger partial charge in [0.1, 0.15) is 0 Å². The summed E-state index contributed by atoms with van der Waals surface area (Å²) in [7, 11) is 0. The molecule has 0 bridgehead atoms. The highest BCUT2D eigenvalue weighted by Crippen LogP contribution is 2.30. The Morgan fingerprint density at radius 1 is 1.50 bits per heavy atom. The van der Waals surface area contributed by atoms with Crippen molar-refractivity contribution in [1.82, 2.24) is 0 Å². The molecule has 1 N–H and O–H groups in total. The van der Waals surface area contributed by atoms with E-state index < -0.39 is 6.10 Å². The minimum Gasteiger partial charge on any atom is -0.388 e. The fraction of sp³-hybridized carbons (Fsp3) is 0.250. The molecule has 14 heavy (non-hydrogen) atoms. The van der Waals surface area contributed by atoms with Crippen LogP contribution in [0.5, 0.6) is 0 Å². The predicted molar refractivity (Wildman–Crippen MR) is 54.5 cm³/mol. The minimum atomic E-state index is -0.421. The van der Waals surface area contributed by atoms with Gasteiger partial charge in [0.25, 0.3) is 0 Å². The summed E-state index contributed by atoms with van der Waals surface area (Å²) in [6.45, 7) is 3.86. The number of aryl methyl sites for hydroxylation is 1. The summed E-state index contributed by atoms with van der Waals surface area (Å²) in [5.74, 6) is 0. The third-order valence-corrected chi connectivity index (χ3v) is 2.67. The summed E-state index contributed by atoms with van der Waals surface area (Å²) >= 11 is 0. The zero-order valence-electron chi connectivity index (χ0n) is 7.83. The van der Waals surface area contributed by atoms with E-state index in [1.807, 2.05) is 12.1 Å². The molecule has 0 heterocycles. The maximum atomic E-state index is 9.59. The van der Waals surface area contributed by atoms with Crippen LogP contribution in [0.15, 0.2) is 24.8 Å². The largest absolute Gasteiger partial charge is 0.388 e. The van der Waals surface area contributed by atoms with Crippen LogP contribution in [0.2, 0.25) is 0 Å². The van der Waals surface area contributed by atoms with E-state index in [-0.39, 0.29) is 0 Å². The highest BCUT2D eigenvalue weighted by molar-refractivity contribution is 5.71. The van der Waals surface area contributed by atoms with Gasteiger partial charge in [-0.05, 0) is 41.7 Å². The summed E-state index contributed by atoms with van der Waals surface area (Å²) < 4.78 is 0. The number of benzene rings is 1. The molecule has 0 radical (unpaired) electrons. The lowest BCUT2D eigenvalue weighted by atomic mass is 9.85. The SMILES string of the molecule is C=C1c2ccc(C#N)cc2CC[C@H]1O. The summed E-state index contributed by atoms with van der Waals surface area (Å²) in [5.41, 5.74) is 3.57. The number of aliphatic hydroxyl groups excluding tert-OH is 1. The topological polar surface area (TPSA) is 44.0 Å². The minimum absolute atomic E-state index is 0.421. The zero-order chi connectivity index (χ0) is 10.1. The summed E-state index contributed by atoms with van der Waals surface area (Å²) in [6, 6.07) is 7.63. The third kappa shape index (κ3) is 1.32. The quantitative estimate of drug-likeness (QED) is 0.670. The Balaban J connectivity index is 2.50. The van der Waals surface area contributed by atoms with Crippen molar-refractivity contribution in [2.75, 3.05) is 0 Å². The molecule has 2 nitrogen and oxygen atoms in total. The molecule has 1 aliphatic rings. The molecule has 70 valence electrons. The monoisotopic (exact) mass is 185 g/mol. The first-order chi connectivity index (χ1) is 6.72. The fourth-order valence-corrected chi connectivity index (χ4v) is 1.83. The van der Waals surface area contributed by atoms with Crippen LogP contribution in [0.25, 0.3) is 5.57 Å². The Labute approximate surface area is 83.1 Å². The first kappa shape index (κ1) is 8.98. The molecule has 1 aromatic carbocycles. The van der Waals surface area contributed by atoms with Gasteiger partial charge in [-0.2, -0.15) is 5.26 Å². The Morgan fingerprint density at radius 2 is 2.29 bits per heavy atom. The second kappa shape index (κ2) is 3.28. The number of nitrogens with zero attached hydrogens (tertiary/aromatic N) is 1. The summed E-state index contributed by atoms with van der Waals surface area (Å²) in [6.07, 6.45) is 1.11. The smallest absolute Gasteiger partial charge is 0.0991 e. The lowest BCUT2D eigenvalue weighted by molar-refractivity contribution is 0.219. The summed E-state index contributed by atoms with van der Waals surface area (Å²) in [5, 5.41) is 18.3. The lowest BCUT2D eigenvalue weighted by Crippen LogP contribution is -2.16. The van der Waals surface area contributed by atoms with Gasteiger partial charge >= 0.3 is 0 Å². The number of nitriles is 1. The van der Waals surface area contributed by atoms with Gasteiger partial charge in [-0.15, -0.1) is 0 Å². The van der Waals surface area contributed by atoms with Crippen LogP contribution in [0.4, 0.5) is 0 Å². The van der Waals surface area contributed by atoms with E-state index in [4.69, 9.17) is 5.26 Å². The van der Waals surface area contributed by atoms with Gasteiger partial charge in [0.2, 0.25) is 0 Å². The van der Waals surface area contributed by atoms with E-state index in [1.165, 1.54) is 0 Å². The van der Waals surface area contributed by atoms with Crippen LogP contribution >= 0.6 is 0 Å². The molecule has 0 saturated carbocycles. The van der Waals surface area contributed by atoms with Gasteiger partial charge in [0.15, 0.2) is 0 Å². The Bertz CT molecular complexity index is 428. The van der Waals surface area contributed by atoms with Crippen LogP contribution in [-0.4, -0.2) is 11.2 Å². The number of rotatable bonds is 0. The Hall–Kier alpha value is -1.59. The Morgan fingerprint density at radius 3 is 3.00 bits per heavy atom. The van der Waals surface area contributed by atoms with E-state index in [0.717, 1.165) is 23.1 Å². The maximum absolute atomic E-state index is 9.59. The first-order valence-electron chi connectivity index (χ1n) is 4.62. The zero-order valence-corrected chi connectivity index (χ0v) is 7.83. The molecule has 1 aromatic rings. The normalized spacial score (nSPS) is 20.0. The van der Waals surface area contributed by atoms with E-state index in [0.29, 0.717) is 12.0 Å². The lowest BCUT2D eigenvalue weighted by Gasteiger charge is -2.23. The third-order valence-electron chi connectivity index (χ3n) is 2.67. The van der Waals surface area contributed by atoms with E-state index >= 15 is 0 Å². The van der Waals surface area contributed by atoms with E-state index in [9.17, 15) is 5.11 Å². The van der Waals surface area contributed by atoms with Crippen molar-refractivity contribution in [3.63, 3.8) is 0 Å². The molecular weight excluding hydrogens is 174 g/mol. The average Bonchev–Trinajstić information content (AvgIpc) is 2.23. The molecule has 1 atom stereocenters. The second-order valence-electron chi connectivity index (χ2n) is 3.56. The molecular formula is C12H11NO. The van der Waals surface area contributed by atoms with Gasteiger partial charge in [0, 0.05) is 0 Å². The predicted octanol–water partition coefficient (Wildman–Crippen LogP) is 1.88. The van der Waals surface area contributed by atoms with Crippen molar-refractivity contribution in [3.8, 4) is 6.07 Å². The fourth-order valence-electron chi connectivity index (χ4n) is 1.83. The van der Waals surface area contributed by atoms with Crippen LogP contribution in [0.3, 0.4) is 0 Å². The first-order valence-corrected chi connectivity index (χ1v) is 4.62. The van der Waals surface area contributed by atoms with Crippen molar-refractivity contribution < 1.29 is 5.11 Å². The van der Waals surface area contributed by atoms with Gasteiger partial charge < -0.3 is 5.11 Å². The highest BCUT2D eigenvalue weighted by Gasteiger charge is 2.20. The van der Waals surface area contributed by atoms with E-state index in [2.05, 4.69) is 12.6 Å². The molecule has 1 aliphatic carbocycles. The second-order valence-corrected chi connectivity index (χ2v) is 3.56. The van der Waals surface area contributed by atoms with Crippen LogP contribution in [0.1, 0.15) is 23.1 Å². The number of fused-ring (bicyclic) bond motifs is 1. The summed E-state index contributed by atoms with van der Waals surface area (Å²) in [4.78, 5) is 0. The molecule has 0 aromatic heterocycles. The molecule has 0 spiro atoms. The molecule has 0 saturated heterocycles. The van der Waals surface area contributed by atoms with Gasteiger partial charge in [0.05, 0.1) is 17.7 Å². The highest BCUT2D eigenvalue weighted by atomic mass is 16.3. The standard InChI is InChI=1S/C12H11NO/c1-8-11-4-2-9(7-13)6-10(11)3-5-12(8)14/h2,4,6,12,14H,1,3,5H2/t12-/m1/s1. The molecule has 0 fully saturated rings. The van der Waals surface area contributed by atoms with E-state index in [1.54, 1.807) is 6.07 Å². The van der Waals surface area contributed by atoms with Crippen LogP contribution in [0, 0.1) is 11.3 Å². The average molecular weight is 185 g/mol. The van der Waals surface area contributed by atoms with Crippen LogP contribution < -0.4 is 0 Å². The molecule has 0 aliphatic heterocycles. The van der Waals surface area contributed by atoms with Gasteiger partial charge in [-0.25, -0.2) is 0 Å². The Kier molecular flexibility index (Phi) is 2.11. The maximum Gasteiger partial charge on any atom is 0.0991 e.